The Kier molecular flexibility index (Phi) is 4.58. The summed E-state index contributed by atoms with van der Waals surface area (Å²) in [4.78, 5) is 4.19. The normalized spacial score (nSPS) is 12.7. The number of ether oxygens (including phenoxy) is 1. The first-order chi connectivity index (χ1) is 8.56. The molecule has 5 heteroatoms. The van der Waals surface area contributed by atoms with Gasteiger partial charge in [0, 0.05) is 6.20 Å². The zero-order valence-electron chi connectivity index (χ0n) is 10.3. The number of nitrogens with two attached hydrogens (primary N) is 1. The van der Waals surface area contributed by atoms with Crippen molar-refractivity contribution in [2.75, 3.05) is 0 Å². The lowest BCUT2D eigenvalue weighted by Gasteiger charge is -2.13. The zero-order valence-corrected chi connectivity index (χ0v) is 13.2. The number of thiophene rings is 1. The average molecular weight is 374 g/mol. The maximum absolute atomic E-state index is 6.24. The molecule has 2 N–H and O–H groups in total. The van der Waals surface area contributed by atoms with Gasteiger partial charge in [0.25, 0.3) is 0 Å². The van der Waals surface area contributed by atoms with E-state index in [9.17, 15) is 0 Å². The predicted octanol–water partition coefficient (Wildman–Crippen LogP) is 3.58. The van der Waals surface area contributed by atoms with Crippen LogP contribution in [0, 0.1) is 2.88 Å². The summed E-state index contributed by atoms with van der Waals surface area (Å²) >= 11 is 4.00. The summed E-state index contributed by atoms with van der Waals surface area (Å²) in [6.45, 7) is 3.99. The van der Waals surface area contributed by atoms with Crippen LogP contribution in [0.25, 0.3) is 0 Å². The van der Waals surface area contributed by atoms with E-state index in [1.807, 2.05) is 19.9 Å². The van der Waals surface area contributed by atoms with E-state index >= 15 is 0 Å². The Balaban J connectivity index is 2.22. The second-order valence-electron chi connectivity index (χ2n) is 4.28. The van der Waals surface area contributed by atoms with E-state index in [1.54, 1.807) is 23.7 Å². The predicted molar refractivity (Wildman–Crippen MR) is 83.1 cm³/mol. The lowest BCUT2D eigenvalue weighted by Crippen LogP contribution is -2.12. The lowest BCUT2D eigenvalue weighted by atomic mass is 10.0. The summed E-state index contributed by atoms with van der Waals surface area (Å²) in [6, 6.07) is 3.92. The van der Waals surface area contributed by atoms with Gasteiger partial charge in [0.1, 0.15) is 5.75 Å². The highest BCUT2D eigenvalue weighted by molar-refractivity contribution is 14.1. The van der Waals surface area contributed by atoms with Crippen LogP contribution in [0.2, 0.25) is 0 Å². The molecule has 0 aliphatic rings. The van der Waals surface area contributed by atoms with Crippen LogP contribution in [0.5, 0.6) is 5.75 Å². The van der Waals surface area contributed by atoms with Gasteiger partial charge < -0.3 is 10.5 Å². The fourth-order valence-corrected chi connectivity index (χ4v) is 3.03. The Morgan fingerprint density at radius 3 is 2.67 bits per heavy atom. The maximum Gasteiger partial charge on any atom is 0.138 e. The topological polar surface area (TPSA) is 48.1 Å². The van der Waals surface area contributed by atoms with Crippen LogP contribution >= 0.6 is 33.9 Å². The van der Waals surface area contributed by atoms with Crippen molar-refractivity contribution in [1.82, 2.24) is 4.98 Å². The van der Waals surface area contributed by atoms with Crippen molar-refractivity contribution >= 4 is 33.9 Å². The van der Waals surface area contributed by atoms with E-state index in [0.29, 0.717) is 0 Å². The Morgan fingerprint density at radius 1 is 1.28 bits per heavy atom. The van der Waals surface area contributed by atoms with Gasteiger partial charge in [0.15, 0.2) is 0 Å². The molecule has 2 aromatic rings. The second kappa shape index (κ2) is 5.99. The van der Waals surface area contributed by atoms with Crippen LogP contribution in [0.15, 0.2) is 29.9 Å². The van der Waals surface area contributed by atoms with E-state index < -0.39 is 0 Å². The molecule has 0 saturated carbocycles. The molecule has 18 heavy (non-hydrogen) atoms. The summed E-state index contributed by atoms with van der Waals surface area (Å²) < 4.78 is 6.87. The van der Waals surface area contributed by atoms with E-state index in [1.165, 1.54) is 2.88 Å². The molecule has 0 saturated heterocycles. The second-order valence-corrected chi connectivity index (χ2v) is 7.09. The van der Waals surface area contributed by atoms with Crippen molar-refractivity contribution in [3.8, 4) is 5.75 Å². The molecule has 1 atom stereocenters. The van der Waals surface area contributed by atoms with Crippen LogP contribution in [-0.4, -0.2) is 11.1 Å². The van der Waals surface area contributed by atoms with Crippen LogP contribution in [-0.2, 0) is 0 Å². The average Bonchev–Trinajstić information content (AvgIpc) is 2.74. The zero-order chi connectivity index (χ0) is 13.1. The molecule has 0 bridgehead atoms. The molecule has 0 fully saturated rings. The number of aromatic nitrogens is 1. The standard InChI is InChI=1S/C13H15IN2OS/c1-8(2)17-11-3-9(5-16-6-11)13(15)10-4-12(14)18-7-10/h3-8,13H,15H2,1-2H3. The Bertz CT molecular complexity index is 527. The first-order valence-electron chi connectivity index (χ1n) is 5.67. The smallest absolute Gasteiger partial charge is 0.138 e. The van der Waals surface area contributed by atoms with Gasteiger partial charge in [-0.15, -0.1) is 11.3 Å². The van der Waals surface area contributed by atoms with Gasteiger partial charge in [0.2, 0.25) is 0 Å². The molecule has 0 aliphatic carbocycles. The summed E-state index contributed by atoms with van der Waals surface area (Å²) in [7, 11) is 0. The molecular weight excluding hydrogens is 359 g/mol. The van der Waals surface area contributed by atoms with E-state index in [4.69, 9.17) is 10.5 Å². The highest BCUT2D eigenvalue weighted by Crippen LogP contribution is 2.27. The number of nitrogens with zero attached hydrogens (tertiary/aromatic N) is 1. The summed E-state index contributed by atoms with van der Waals surface area (Å²) in [5, 5.41) is 2.09. The van der Waals surface area contributed by atoms with Crippen LogP contribution in [0.3, 0.4) is 0 Å². The molecule has 2 heterocycles. The van der Waals surface area contributed by atoms with Crippen molar-refractivity contribution in [2.24, 2.45) is 5.73 Å². The molecule has 0 aromatic carbocycles. The van der Waals surface area contributed by atoms with Gasteiger partial charge in [-0.3, -0.25) is 4.98 Å². The van der Waals surface area contributed by atoms with Crippen molar-refractivity contribution in [1.29, 1.82) is 0 Å². The maximum atomic E-state index is 6.24. The first-order valence-corrected chi connectivity index (χ1v) is 7.63. The molecule has 2 rings (SSSR count). The largest absolute Gasteiger partial charge is 0.489 e. The lowest BCUT2D eigenvalue weighted by molar-refractivity contribution is 0.241. The van der Waals surface area contributed by atoms with Gasteiger partial charge in [0.05, 0.1) is 21.2 Å². The minimum Gasteiger partial charge on any atom is -0.489 e. The molecule has 1 unspecified atom stereocenters. The van der Waals surface area contributed by atoms with Gasteiger partial charge in [-0.25, -0.2) is 0 Å². The van der Waals surface area contributed by atoms with E-state index in [0.717, 1.165) is 16.9 Å². The summed E-state index contributed by atoms with van der Waals surface area (Å²) in [5.74, 6) is 0.767. The fraction of sp³-hybridized carbons (Fsp3) is 0.308. The van der Waals surface area contributed by atoms with Gasteiger partial charge in [-0.05, 0) is 65.1 Å². The molecule has 0 spiro atoms. The van der Waals surface area contributed by atoms with Crippen molar-refractivity contribution in [3.63, 3.8) is 0 Å². The van der Waals surface area contributed by atoms with E-state index in [2.05, 4.69) is 39.0 Å². The van der Waals surface area contributed by atoms with Crippen molar-refractivity contribution in [2.45, 2.75) is 26.0 Å². The molecule has 96 valence electrons. The first kappa shape index (κ1) is 13.8. The molecule has 2 aromatic heterocycles. The quantitative estimate of drug-likeness (QED) is 0.833. The van der Waals surface area contributed by atoms with Crippen LogP contribution in [0.1, 0.15) is 31.0 Å². The monoisotopic (exact) mass is 374 g/mol. The molecule has 3 nitrogen and oxygen atoms in total. The third kappa shape index (κ3) is 3.43. The SMILES string of the molecule is CC(C)Oc1cncc(C(N)c2csc(I)c2)c1. The Labute approximate surface area is 125 Å². The number of rotatable bonds is 4. The highest BCUT2D eigenvalue weighted by Gasteiger charge is 2.12. The number of hydrogen-bond donors (Lipinski definition) is 1. The number of halogens is 1. The van der Waals surface area contributed by atoms with E-state index in [-0.39, 0.29) is 12.1 Å². The van der Waals surface area contributed by atoms with Crippen molar-refractivity contribution < 1.29 is 4.74 Å². The number of pyridine rings is 1. The molecule has 0 amide bonds. The highest BCUT2D eigenvalue weighted by atomic mass is 127. The van der Waals surface area contributed by atoms with Crippen molar-refractivity contribution in [3.05, 3.63) is 43.9 Å². The molecule has 0 radical (unpaired) electrons. The van der Waals surface area contributed by atoms with Gasteiger partial charge >= 0.3 is 0 Å². The fourth-order valence-electron chi connectivity index (χ4n) is 1.62. The van der Waals surface area contributed by atoms with Crippen LogP contribution < -0.4 is 10.5 Å². The minimum absolute atomic E-state index is 0.139. The molecule has 0 aliphatic heterocycles. The summed E-state index contributed by atoms with van der Waals surface area (Å²) in [5.41, 5.74) is 8.33. The third-order valence-corrected chi connectivity index (χ3v) is 4.22. The third-order valence-electron chi connectivity index (χ3n) is 2.41. The number of hydrogen-bond acceptors (Lipinski definition) is 4. The summed E-state index contributed by atoms with van der Waals surface area (Å²) in [6.07, 6.45) is 3.65. The molecular formula is C13H15IN2OS. The van der Waals surface area contributed by atoms with Gasteiger partial charge in [-0.1, -0.05) is 0 Å². The Morgan fingerprint density at radius 2 is 2.06 bits per heavy atom. The minimum atomic E-state index is -0.145. The Hall–Kier alpha value is -0.660. The van der Waals surface area contributed by atoms with Crippen LogP contribution in [0.4, 0.5) is 0 Å². The van der Waals surface area contributed by atoms with Gasteiger partial charge in [-0.2, -0.15) is 0 Å².